The van der Waals surface area contributed by atoms with E-state index in [4.69, 9.17) is 10.4 Å². The summed E-state index contributed by atoms with van der Waals surface area (Å²) in [4.78, 5) is 10.8. The molecule has 1 amide bonds. The fourth-order valence-electron chi connectivity index (χ4n) is 0.432. The Kier molecular flexibility index (Phi) is 5.07. The second kappa shape index (κ2) is 5.85. The number of rotatable bonds is 2. The molecule has 0 saturated heterocycles. The molecule has 0 bridgehead atoms. The lowest BCUT2D eigenvalue weighted by molar-refractivity contribution is -0.595. The van der Waals surface area contributed by atoms with Gasteiger partial charge in [0, 0.05) is 0 Å². The van der Waals surface area contributed by atoms with E-state index in [0.717, 1.165) is 4.70 Å². The molecule has 0 aliphatic heterocycles. The van der Waals surface area contributed by atoms with Gasteiger partial charge >= 0.3 is 6.09 Å². The summed E-state index contributed by atoms with van der Waals surface area (Å²) in [6.45, 7) is 1.16. The van der Waals surface area contributed by atoms with Gasteiger partial charge in [0.1, 0.15) is 6.07 Å². The first-order valence-electron chi connectivity index (χ1n) is 3.46. The van der Waals surface area contributed by atoms with Gasteiger partial charge in [0.05, 0.1) is 5.11 Å². The maximum absolute atomic E-state index is 10.8. The highest BCUT2D eigenvalue weighted by Gasteiger charge is 2.08. The van der Waals surface area contributed by atoms with Crippen LogP contribution in [0.4, 0.5) is 4.79 Å². The molecule has 0 saturated carbocycles. The molecule has 1 N–H and O–H groups in total. The van der Waals surface area contributed by atoms with Crippen molar-refractivity contribution >= 4 is 6.09 Å². The van der Waals surface area contributed by atoms with E-state index in [1.54, 1.807) is 13.0 Å². The number of hydrogen-bond acceptors (Lipinski definition) is 4. The SMILES string of the molecule is C/C=C(/C#N)OC(=O)N=[N+](C)CO. The van der Waals surface area contributed by atoms with Gasteiger partial charge in [-0.2, -0.15) is 5.26 Å². The topological polar surface area (TPSA) is 85.7 Å². The molecule has 0 aliphatic rings. The van der Waals surface area contributed by atoms with Gasteiger partial charge in [0.15, 0.2) is 7.05 Å². The molecule has 0 heterocycles. The summed E-state index contributed by atoms with van der Waals surface area (Å²) in [6.07, 6.45) is 0.401. The van der Waals surface area contributed by atoms with Crippen LogP contribution in [0.3, 0.4) is 0 Å². The number of aliphatic hydroxyl groups excluding tert-OH is 1. The summed E-state index contributed by atoms with van der Waals surface area (Å²) in [5.41, 5.74) is 0. The van der Waals surface area contributed by atoms with Crippen LogP contribution in [0.25, 0.3) is 0 Å². The predicted molar refractivity (Wildman–Crippen MR) is 41.5 cm³/mol. The molecule has 0 spiro atoms. The second-order valence-electron chi connectivity index (χ2n) is 2.03. The minimum Gasteiger partial charge on any atom is -0.394 e. The van der Waals surface area contributed by atoms with E-state index in [1.807, 2.05) is 0 Å². The number of nitriles is 1. The molecule has 0 radical (unpaired) electrons. The Morgan fingerprint density at radius 1 is 1.85 bits per heavy atom. The fourth-order valence-corrected chi connectivity index (χ4v) is 0.432. The van der Waals surface area contributed by atoms with Crippen LogP contribution < -0.4 is 0 Å². The Bertz CT molecular complexity index is 288. The third-order valence-corrected chi connectivity index (χ3v) is 1.03. The minimum absolute atomic E-state index is 0.125. The highest BCUT2D eigenvalue weighted by atomic mass is 16.6. The predicted octanol–water partition coefficient (Wildman–Crippen LogP) is 0.595. The fraction of sp³-hybridized carbons (Fsp3) is 0.429. The van der Waals surface area contributed by atoms with E-state index in [2.05, 4.69) is 9.85 Å². The molecule has 70 valence electrons. The van der Waals surface area contributed by atoms with Crippen molar-refractivity contribution in [1.29, 1.82) is 5.26 Å². The Labute approximate surface area is 75.4 Å². The van der Waals surface area contributed by atoms with Crippen molar-refractivity contribution in [2.75, 3.05) is 13.8 Å². The minimum atomic E-state index is -0.939. The molecule has 0 rings (SSSR count). The molecule has 0 aromatic carbocycles. The Morgan fingerprint density at radius 3 is 2.85 bits per heavy atom. The van der Waals surface area contributed by atoms with Crippen molar-refractivity contribution < 1.29 is 19.3 Å². The largest absolute Gasteiger partial charge is 0.496 e. The van der Waals surface area contributed by atoms with E-state index in [-0.39, 0.29) is 5.76 Å². The molecule has 0 aliphatic carbocycles. The quantitative estimate of drug-likeness (QED) is 0.224. The normalized spacial score (nSPS) is 12.2. The van der Waals surface area contributed by atoms with Crippen LogP contribution in [-0.2, 0) is 4.74 Å². The number of hydrogen-bond donors (Lipinski definition) is 1. The van der Waals surface area contributed by atoms with E-state index in [0.29, 0.717) is 0 Å². The zero-order valence-electron chi connectivity index (χ0n) is 7.39. The Balaban J connectivity index is 4.26. The van der Waals surface area contributed by atoms with Crippen molar-refractivity contribution in [2.24, 2.45) is 5.11 Å². The zero-order chi connectivity index (χ0) is 10.3. The highest BCUT2D eigenvalue weighted by Crippen LogP contribution is 1.97. The number of nitrogens with zero attached hydrogens (tertiary/aromatic N) is 3. The van der Waals surface area contributed by atoms with Crippen LogP contribution in [0.5, 0.6) is 0 Å². The van der Waals surface area contributed by atoms with Crippen molar-refractivity contribution in [3.05, 3.63) is 11.8 Å². The number of carbonyl (C=O) groups is 1. The second-order valence-corrected chi connectivity index (χ2v) is 2.03. The van der Waals surface area contributed by atoms with Gasteiger partial charge in [-0.25, -0.2) is 4.79 Å². The lowest BCUT2D eigenvalue weighted by atomic mass is 10.5. The van der Waals surface area contributed by atoms with Crippen LogP contribution in [0.2, 0.25) is 0 Å². The molecule has 6 heteroatoms. The lowest BCUT2D eigenvalue weighted by Crippen LogP contribution is -2.08. The average Bonchev–Trinajstić information content (AvgIpc) is 2.13. The van der Waals surface area contributed by atoms with Gasteiger partial charge in [-0.05, 0) is 13.0 Å². The van der Waals surface area contributed by atoms with Crippen molar-refractivity contribution in [3.63, 3.8) is 0 Å². The molecular weight excluding hydrogens is 174 g/mol. The average molecular weight is 184 g/mol. The lowest BCUT2D eigenvalue weighted by Gasteiger charge is -1.93. The summed E-state index contributed by atoms with van der Waals surface area (Å²) in [5, 5.41) is 20.1. The number of allylic oxidation sites excluding steroid dienone is 2. The van der Waals surface area contributed by atoms with Crippen molar-refractivity contribution in [1.82, 2.24) is 0 Å². The smallest absolute Gasteiger partial charge is 0.394 e. The van der Waals surface area contributed by atoms with Gasteiger partial charge in [0.25, 0.3) is 6.73 Å². The third-order valence-electron chi connectivity index (χ3n) is 1.03. The van der Waals surface area contributed by atoms with Crippen LogP contribution in [0.15, 0.2) is 16.9 Å². The van der Waals surface area contributed by atoms with Crippen molar-refractivity contribution in [2.45, 2.75) is 6.92 Å². The summed E-state index contributed by atoms with van der Waals surface area (Å²) in [5.74, 6) is -0.125. The zero-order valence-corrected chi connectivity index (χ0v) is 7.39. The molecular formula is C7H10N3O3+. The van der Waals surface area contributed by atoms with Crippen molar-refractivity contribution in [3.8, 4) is 6.07 Å². The Hall–Kier alpha value is -1.74. The van der Waals surface area contributed by atoms with Gasteiger partial charge in [-0.1, -0.05) is 4.70 Å². The van der Waals surface area contributed by atoms with E-state index in [9.17, 15) is 4.79 Å². The number of carbonyl (C=O) groups excluding carboxylic acids is 1. The Morgan fingerprint density at radius 2 is 2.46 bits per heavy atom. The number of amides is 1. The van der Waals surface area contributed by atoms with Gasteiger partial charge in [0.2, 0.25) is 5.76 Å². The molecule has 13 heavy (non-hydrogen) atoms. The van der Waals surface area contributed by atoms with Gasteiger partial charge in [-0.3, -0.25) is 0 Å². The molecule has 0 aromatic heterocycles. The first kappa shape index (κ1) is 11.3. The first-order valence-corrected chi connectivity index (χ1v) is 3.46. The summed E-state index contributed by atoms with van der Waals surface area (Å²) < 4.78 is 5.44. The maximum Gasteiger partial charge on any atom is 0.496 e. The van der Waals surface area contributed by atoms with E-state index >= 15 is 0 Å². The summed E-state index contributed by atoms with van der Waals surface area (Å²) in [6, 6.07) is 1.65. The molecule has 0 unspecified atom stereocenters. The van der Waals surface area contributed by atoms with Gasteiger partial charge in [-0.15, -0.1) is 0 Å². The van der Waals surface area contributed by atoms with Crippen LogP contribution in [0, 0.1) is 11.3 Å². The van der Waals surface area contributed by atoms with Gasteiger partial charge < -0.3 is 9.84 Å². The standard InChI is InChI=1S/C7H10N3O3/c1-3-6(4-8)13-7(12)9-10(2)5-11/h3,11H,5H2,1-2H3/q+1/b6-3-,10-9?. The molecule has 0 aromatic rings. The third kappa shape index (κ3) is 4.66. The highest BCUT2D eigenvalue weighted by molar-refractivity contribution is 5.68. The van der Waals surface area contributed by atoms with E-state index < -0.39 is 12.8 Å². The van der Waals surface area contributed by atoms with E-state index in [1.165, 1.54) is 13.1 Å². The van der Waals surface area contributed by atoms with Crippen LogP contribution in [0.1, 0.15) is 6.92 Å². The summed E-state index contributed by atoms with van der Waals surface area (Å²) >= 11 is 0. The molecule has 0 fully saturated rings. The first-order chi connectivity index (χ1) is 6.13. The van der Waals surface area contributed by atoms with Crippen LogP contribution >= 0.6 is 0 Å². The number of aliphatic hydroxyl groups is 1. The molecule has 0 atom stereocenters. The molecule has 6 nitrogen and oxygen atoms in total. The number of ether oxygens (including phenoxy) is 1. The van der Waals surface area contributed by atoms with Crippen LogP contribution in [-0.4, -0.2) is 29.7 Å². The maximum atomic E-state index is 10.8. The number of azo groups is 2. The summed E-state index contributed by atoms with van der Waals surface area (Å²) in [7, 11) is 1.39. The monoisotopic (exact) mass is 184 g/mol.